The molecule has 8 fully saturated rings. The lowest BCUT2D eigenvalue weighted by Gasteiger charge is -2.40. The summed E-state index contributed by atoms with van der Waals surface area (Å²) < 4.78 is 66.6. The number of fused-ring (bicyclic) bond motifs is 4. The Hall–Kier alpha value is -11.1. The Balaban J connectivity index is 0.777. The van der Waals surface area contributed by atoms with Crippen LogP contribution in [-0.2, 0) is 35.2 Å². The highest BCUT2D eigenvalue weighted by Gasteiger charge is 2.50. The van der Waals surface area contributed by atoms with E-state index in [2.05, 4.69) is 63.8 Å². The minimum atomic E-state index is -5.70. The zero-order valence-corrected chi connectivity index (χ0v) is 68.6. The number of carbonyl (C=O) groups excluding carboxylic acids is 5. The number of alkyl halides is 3. The second-order valence-electron chi connectivity index (χ2n) is 34.4. The van der Waals surface area contributed by atoms with Crippen molar-refractivity contribution in [2.24, 2.45) is 58.3 Å². The van der Waals surface area contributed by atoms with E-state index < -0.39 is 104 Å². The smallest absolute Gasteiger partial charge is 0.491 e. The molecule has 4 aliphatic carbocycles. The summed E-state index contributed by atoms with van der Waals surface area (Å²) in [7, 11) is 6.16. The molecule has 0 spiro atoms. The van der Waals surface area contributed by atoms with E-state index in [4.69, 9.17) is 30.4 Å². The fraction of sp³-hybridized carbons (Fsp3) is 0.462. The van der Waals surface area contributed by atoms with Crippen molar-refractivity contribution in [2.75, 3.05) is 99.6 Å². The molecule has 0 radical (unpaired) electrons. The number of halogens is 3. The maximum absolute atomic E-state index is 15.5. The third kappa shape index (κ3) is 15.3. The number of hydrogen-bond donors (Lipinski definition) is 8. The number of hydrogen-bond acceptors (Lipinski definition) is 22. The monoisotopic (exact) mass is 1640 g/mol. The van der Waals surface area contributed by atoms with E-state index in [0.29, 0.717) is 59.8 Å². The molecule has 10 N–H and O–H groups in total. The number of benzene rings is 4. The Bertz CT molecular complexity index is 5590. The first-order valence-corrected chi connectivity index (χ1v) is 42.2. The maximum Gasteiger partial charge on any atom is 0.491 e. The van der Waals surface area contributed by atoms with Crippen LogP contribution in [-0.4, -0.2) is 164 Å². The second kappa shape index (κ2) is 33.1. The Morgan fingerprint density at radius 1 is 0.475 bits per heavy atom. The zero-order valence-electron chi connectivity index (χ0n) is 68.6. The number of rotatable bonds is 22. The Labute approximate surface area is 691 Å². The predicted molar refractivity (Wildman–Crippen MR) is 450 cm³/mol. The van der Waals surface area contributed by atoms with Crippen molar-refractivity contribution in [3.05, 3.63) is 183 Å². The lowest BCUT2D eigenvalue weighted by molar-refractivity contribution is -0.189. The van der Waals surface area contributed by atoms with Gasteiger partial charge in [0, 0.05) is 127 Å². The van der Waals surface area contributed by atoms with Crippen molar-refractivity contribution < 1.29 is 61.2 Å². The molecule has 0 bridgehead atoms. The number of esters is 5. The van der Waals surface area contributed by atoms with Gasteiger partial charge in [-0.3, -0.25) is 19.2 Å². The van der Waals surface area contributed by atoms with Crippen molar-refractivity contribution in [1.29, 1.82) is 0 Å². The fourth-order valence-corrected chi connectivity index (χ4v) is 21.4. The number of pyridine rings is 4. The lowest BCUT2D eigenvalue weighted by atomic mass is 9.68. The molecule has 8 aromatic rings. The number of carbonyl (C=O) groups is 5. The molecule has 8 aliphatic rings. The van der Waals surface area contributed by atoms with E-state index in [9.17, 15) is 32.7 Å². The summed E-state index contributed by atoms with van der Waals surface area (Å²) in [5.74, 6) is -10.9. The molecule has 4 aromatic heterocycles. The first-order valence-electron chi connectivity index (χ1n) is 42.2. The molecule has 29 heteroatoms. The molecule has 8 heterocycles. The van der Waals surface area contributed by atoms with E-state index in [1.165, 1.54) is 13.8 Å². The van der Waals surface area contributed by atoms with Crippen LogP contribution in [0.2, 0.25) is 0 Å². The molecule has 120 heavy (non-hydrogen) atoms. The summed E-state index contributed by atoms with van der Waals surface area (Å²) in [6.45, 7) is 13.5. The second-order valence-corrected chi connectivity index (χ2v) is 34.4. The first-order chi connectivity index (χ1) is 57.6. The summed E-state index contributed by atoms with van der Waals surface area (Å²) >= 11 is 0. The number of nitrogens with one attached hydrogen (secondary N) is 5. The van der Waals surface area contributed by atoms with Gasteiger partial charge in [0.2, 0.25) is 0 Å². The third-order valence-corrected chi connectivity index (χ3v) is 27.4. The first kappa shape index (κ1) is 82.6. The van der Waals surface area contributed by atoms with Crippen LogP contribution in [0.15, 0.2) is 116 Å². The molecule has 0 amide bonds. The summed E-state index contributed by atoms with van der Waals surface area (Å²) in [5, 5.41) is 15.7. The van der Waals surface area contributed by atoms with Crippen LogP contribution in [0.4, 0.5) is 35.9 Å². The quantitative estimate of drug-likeness (QED) is 0.0231. The normalized spacial score (nSPS) is 23.6. The van der Waals surface area contributed by atoms with Gasteiger partial charge in [-0.2, -0.15) is 13.2 Å². The SMILES string of the molecule is CCc1c(-c2ccc(N3C[C@H]4CC[C@H](NC)[C@H]4C3)cc2)[nH]c(=O)c(C(=O)Oc2c(CC)c(-c3ccc(N4C[C@H]5CCCC[C@]5(CN(C)C)C4)cc3)[nH]c(=O)c2C(=O)OC(=O)c2c(OC(=O)c3c(OC(=O)C(F)(F)F)c(CC)c(-c4ccc(N5C[C@H]6CC[C@H](N)[C@H]6C5)cc4)[nH]c3=O)c(CC)c(-c3ccc(N4C[C@H]5CC[C@@H](N)[C@H]5C4)cc3)[nH]c2=O)c1O. The molecule has 4 aromatic carbocycles. The van der Waals surface area contributed by atoms with E-state index >= 15 is 28.8 Å². The molecule has 0 unspecified atom stereocenters. The molecule has 11 atom stereocenters. The van der Waals surface area contributed by atoms with Gasteiger partial charge in [0.1, 0.15) is 5.75 Å². The standard InChI is InChI=1S/C91H103F3N12O14/c1-8-59-73(47-15-26-57(27-16-47)105-40-53-25-36-68(97-5)65(53)44-105)98-81(108)69(77(59)107)85(112)117-78-60(9-2)75(50-21-32-58(33-22-50)106-41-54-14-12-13-37-90(54,46-106)45-102(6)7)100-82(109)70(78)87(114)120-88(115)71-79(61(10-3)74(99-83(71)110)48-17-28-55(29-18-48)103-38-51-23-34-66(95)63(51)42-103)118-86(113)72-80(119-89(116)91(92,93)94)62(11-4)76(101-84(72)111)49-19-30-56(31-20-49)104-39-52-24-35-67(96)64(52)43-104/h15-22,26-33,51-54,63-68,97H,8-14,23-25,34-46,95-96H2,1-7H3,(H,99,110)(H,100,109)(H,101,111)(H2,98,107,108)/t51-,52-,53-,54-,63+,64+,65+,66-,67+,68+,90+/m1/s1. The number of aromatic amines is 4. The summed E-state index contributed by atoms with van der Waals surface area (Å²) in [4.78, 5) is 157. The van der Waals surface area contributed by atoms with Gasteiger partial charge in [0.05, 0.1) is 22.8 Å². The van der Waals surface area contributed by atoms with Crippen LogP contribution < -0.4 is 72.8 Å². The van der Waals surface area contributed by atoms with Gasteiger partial charge in [-0.25, -0.2) is 24.0 Å². The molecule has 26 nitrogen and oxygen atoms in total. The van der Waals surface area contributed by atoms with Gasteiger partial charge >= 0.3 is 36.0 Å². The lowest BCUT2D eigenvalue weighted by Crippen LogP contribution is -2.42. The van der Waals surface area contributed by atoms with E-state index in [1.807, 2.05) is 43.4 Å². The highest BCUT2D eigenvalue weighted by Crippen LogP contribution is 2.50. The summed E-state index contributed by atoms with van der Waals surface area (Å²) in [5.41, 5.74) is 7.82. The van der Waals surface area contributed by atoms with Crippen LogP contribution in [0.1, 0.15) is 156 Å². The highest BCUT2D eigenvalue weighted by atomic mass is 19.4. The highest BCUT2D eigenvalue weighted by molar-refractivity contribution is 6.07. The predicted octanol–water partition coefficient (Wildman–Crippen LogP) is 11.3. The van der Waals surface area contributed by atoms with E-state index in [0.717, 1.165) is 133 Å². The minimum Gasteiger partial charge on any atom is -0.506 e. The van der Waals surface area contributed by atoms with Crippen LogP contribution >= 0.6 is 0 Å². The molecule has 4 saturated heterocycles. The number of H-pyrrole nitrogens is 4. The molecular weight excluding hydrogens is 1540 g/mol. The van der Waals surface area contributed by atoms with E-state index in [-0.39, 0.29) is 111 Å². The number of aromatic hydroxyl groups is 1. The molecule has 16 rings (SSSR count). The molecule has 4 saturated carbocycles. The minimum absolute atomic E-state index is 0.0350. The fourth-order valence-electron chi connectivity index (χ4n) is 21.4. The van der Waals surface area contributed by atoms with Gasteiger partial charge in [-0.1, -0.05) is 89.1 Å². The van der Waals surface area contributed by atoms with Crippen LogP contribution in [0.25, 0.3) is 45.0 Å². The van der Waals surface area contributed by atoms with Crippen molar-refractivity contribution in [2.45, 2.75) is 142 Å². The van der Waals surface area contributed by atoms with Crippen LogP contribution in [0.5, 0.6) is 23.0 Å². The topological polar surface area (TPSA) is 354 Å². The average molecular weight is 1650 g/mol. The van der Waals surface area contributed by atoms with Crippen LogP contribution in [0, 0.1) is 46.8 Å². The zero-order chi connectivity index (χ0) is 84.7. The number of aromatic nitrogens is 4. The maximum atomic E-state index is 15.5. The summed E-state index contributed by atoms with van der Waals surface area (Å²) in [6, 6.07) is 29.0. The van der Waals surface area contributed by atoms with Gasteiger partial charge in [0.15, 0.2) is 39.5 Å². The van der Waals surface area contributed by atoms with Crippen molar-refractivity contribution >= 4 is 52.6 Å². The van der Waals surface area contributed by atoms with Gasteiger partial charge in [-0.05, 0) is 210 Å². The Morgan fingerprint density at radius 3 is 1.24 bits per heavy atom. The van der Waals surface area contributed by atoms with Crippen LogP contribution in [0.3, 0.4) is 0 Å². The van der Waals surface area contributed by atoms with Gasteiger partial charge in [0.25, 0.3) is 22.2 Å². The van der Waals surface area contributed by atoms with Crippen molar-refractivity contribution in [1.82, 2.24) is 30.2 Å². The number of anilines is 4. The van der Waals surface area contributed by atoms with E-state index in [1.54, 1.807) is 74.5 Å². The molecule has 4 aliphatic heterocycles. The number of ether oxygens (including phenoxy) is 4. The largest absolute Gasteiger partial charge is 0.506 e. The summed E-state index contributed by atoms with van der Waals surface area (Å²) in [6.07, 6.45) is 4.16. The van der Waals surface area contributed by atoms with Crippen molar-refractivity contribution in [3.8, 4) is 68.0 Å². The van der Waals surface area contributed by atoms with Gasteiger partial charge in [-0.15, -0.1) is 0 Å². The number of nitrogens with zero attached hydrogens (tertiary/aromatic N) is 5. The third-order valence-electron chi connectivity index (χ3n) is 27.4. The molecule has 632 valence electrons. The average Bonchev–Trinajstić information content (AvgIpc) is 1.07. The Morgan fingerprint density at radius 2 is 0.842 bits per heavy atom. The van der Waals surface area contributed by atoms with Crippen molar-refractivity contribution in [3.63, 3.8) is 0 Å². The molecular formula is C91H103F3N12O14. The van der Waals surface area contributed by atoms with Gasteiger partial charge < -0.3 is 85.3 Å². The number of nitrogens with two attached hydrogens (primary N) is 2. The Kier molecular flexibility index (Phi) is 22.8.